The molecule has 0 amide bonds. The van der Waals surface area contributed by atoms with Crippen molar-refractivity contribution in [1.29, 1.82) is 0 Å². The molecule has 7 aliphatic carbocycles. The van der Waals surface area contributed by atoms with Crippen LogP contribution in [0, 0.1) is 23.7 Å². The van der Waals surface area contributed by atoms with E-state index in [0.717, 1.165) is 11.8 Å². The Hall–Kier alpha value is -4.88. The van der Waals surface area contributed by atoms with Crippen LogP contribution in [0.2, 0.25) is 0 Å². The lowest BCUT2D eigenvalue weighted by Crippen LogP contribution is -2.55. The van der Waals surface area contributed by atoms with Crippen molar-refractivity contribution in [1.82, 2.24) is 0 Å². The second-order valence-electron chi connectivity index (χ2n) is 23.7. The van der Waals surface area contributed by atoms with Crippen molar-refractivity contribution in [2.24, 2.45) is 23.7 Å². The largest absolute Gasteiger partial charge is 0.310 e. The zero-order valence-corrected chi connectivity index (χ0v) is 38.8. The molecule has 4 saturated carbocycles. The molecule has 7 aliphatic rings. The summed E-state index contributed by atoms with van der Waals surface area (Å²) < 4.78 is 0. The fraction of sp³-hybridized carbons (Fsp3) is 0.410. The maximum Gasteiger partial charge on any atom is 0.0546 e. The van der Waals surface area contributed by atoms with Gasteiger partial charge < -0.3 is 4.90 Å². The number of fused-ring (bicyclic) bond motifs is 7. The average Bonchev–Trinajstić information content (AvgIpc) is 3.66. The Bertz CT molecular complexity index is 2790. The van der Waals surface area contributed by atoms with Crippen LogP contribution in [0.1, 0.15) is 146 Å². The molecule has 0 unspecified atom stereocenters. The van der Waals surface area contributed by atoms with Gasteiger partial charge in [0, 0.05) is 27.8 Å². The number of hydrogen-bond acceptors (Lipinski definition) is 1. The highest BCUT2D eigenvalue weighted by Crippen LogP contribution is 2.70. The third kappa shape index (κ3) is 5.33. The van der Waals surface area contributed by atoms with Gasteiger partial charge in [0.1, 0.15) is 0 Å². The zero-order valence-electron chi connectivity index (χ0n) is 38.8. The Morgan fingerprint density at radius 2 is 1.00 bits per heavy atom. The van der Waals surface area contributed by atoms with Gasteiger partial charge in [-0.2, -0.15) is 0 Å². The summed E-state index contributed by atoms with van der Waals surface area (Å²) in [6, 6.07) is 48.8. The number of hydrogen-bond donors (Lipinski definition) is 0. The third-order valence-electron chi connectivity index (χ3n) is 17.9. The van der Waals surface area contributed by atoms with Crippen LogP contribution in [-0.4, -0.2) is 0 Å². The molecule has 4 fully saturated rings. The minimum Gasteiger partial charge on any atom is -0.310 e. The molecule has 0 saturated heterocycles. The van der Waals surface area contributed by atoms with Gasteiger partial charge >= 0.3 is 0 Å². The van der Waals surface area contributed by atoms with E-state index in [4.69, 9.17) is 0 Å². The molecule has 0 aromatic heterocycles. The van der Waals surface area contributed by atoms with Gasteiger partial charge in [-0.1, -0.05) is 147 Å². The maximum absolute atomic E-state index is 2.74. The molecule has 4 bridgehead atoms. The van der Waals surface area contributed by atoms with Crippen molar-refractivity contribution in [2.75, 3.05) is 4.90 Å². The molecule has 0 atom stereocenters. The number of benzene rings is 6. The van der Waals surface area contributed by atoms with E-state index in [1.54, 1.807) is 11.1 Å². The quantitative estimate of drug-likeness (QED) is 0.171. The smallest absolute Gasteiger partial charge is 0.0546 e. The van der Waals surface area contributed by atoms with Crippen molar-refractivity contribution < 1.29 is 0 Å². The van der Waals surface area contributed by atoms with E-state index >= 15 is 0 Å². The summed E-state index contributed by atoms with van der Waals surface area (Å²) in [7, 11) is 0. The first-order valence-electron chi connectivity index (χ1n) is 24.1. The SMILES string of the molecule is CC(C)(C)c1ccc(-c2cc3c(cc2N(c2ccc4c(c2)C(C)(C)CCC4(C)C)c2ccc4c(c2)C(C)(C)c2ccccc2-4)-c2ccccc2C32C3CC4CC(C3)CC2C4)cc1. The predicted octanol–water partition coefficient (Wildman–Crippen LogP) is 16.5. The molecular weight excluding hydrogens is 747 g/mol. The van der Waals surface area contributed by atoms with Crippen molar-refractivity contribution >= 4 is 17.1 Å². The topological polar surface area (TPSA) is 3.24 Å². The maximum atomic E-state index is 2.74. The van der Waals surface area contributed by atoms with E-state index in [1.165, 1.54) is 123 Å². The van der Waals surface area contributed by atoms with Crippen LogP contribution >= 0.6 is 0 Å². The van der Waals surface area contributed by atoms with Gasteiger partial charge in [0.05, 0.1) is 5.69 Å². The molecule has 0 heterocycles. The summed E-state index contributed by atoms with van der Waals surface area (Å²) in [5.74, 6) is 3.25. The molecule has 314 valence electrons. The molecule has 0 N–H and O–H groups in total. The van der Waals surface area contributed by atoms with Crippen LogP contribution in [0.3, 0.4) is 0 Å². The predicted molar refractivity (Wildman–Crippen MR) is 261 cm³/mol. The summed E-state index contributed by atoms with van der Waals surface area (Å²) in [5.41, 5.74) is 22.9. The van der Waals surface area contributed by atoms with Crippen LogP contribution in [-0.2, 0) is 27.1 Å². The first kappa shape index (κ1) is 38.8. The Kier molecular flexibility index (Phi) is 8.04. The van der Waals surface area contributed by atoms with E-state index < -0.39 is 0 Å². The monoisotopic (exact) mass is 812 g/mol. The molecule has 6 aromatic rings. The zero-order chi connectivity index (χ0) is 42.7. The van der Waals surface area contributed by atoms with E-state index in [0.29, 0.717) is 11.8 Å². The van der Waals surface area contributed by atoms with Gasteiger partial charge in [-0.15, -0.1) is 0 Å². The normalized spacial score (nSPS) is 26.1. The van der Waals surface area contributed by atoms with E-state index in [-0.39, 0.29) is 27.1 Å². The molecule has 0 radical (unpaired) electrons. The molecule has 62 heavy (non-hydrogen) atoms. The van der Waals surface area contributed by atoms with Gasteiger partial charge in [0.25, 0.3) is 0 Å². The molecule has 0 aliphatic heterocycles. The molecule has 1 heteroatoms. The summed E-state index contributed by atoms with van der Waals surface area (Å²) >= 11 is 0. The summed E-state index contributed by atoms with van der Waals surface area (Å²) in [5, 5.41) is 0. The second-order valence-corrected chi connectivity index (χ2v) is 23.7. The third-order valence-corrected chi connectivity index (χ3v) is 17.9. The van der Waals surface area contributed by atoms with Crippen LogP contribution in [0.25, 0.3) is 33.4 Å². The minimum atomic E-state index is -0.107. The van der Waals surface area contributed by atoms with Crippen LogP contribution in [0.4, 0.5) is 17.1 Å². The van der Waals surface area contributed by atoms with Gasteiger partial charge in [-0.05, 0) is 188 Å². The van der Waals surface area contributed by atoms with E-state index in [2.05, 4.69) is 189 Å². The summed E-state index contributed by atoms with van der Waals surface area (Å²) in [4.78, 5) is 2.68. The highest BCUT2D eigenvalue weighted by molar-refractivity contribution is 5.96. The van der Waals surface area contributed by atoms with E-state index in [1.807, 2.05) is 0 Å². The van der Waals surface area contributed by atoms with Crippen LogP contribution in [0.5, 0.6) is 0 Å². The number of nitrogens with zero attached hydrogens (tertiary/aromatic N) is 1. The lowest BCUT2D eigenvalue weighted by atomic mass is 9.43. The summed E-state index contributed by atoms with van der Waals surface area (Å²) in [6.07, 6.45) is 9.42. The van der Waals surface area contributed by atoms with Crippen molar-refractivity contribution in [3.05, 3.63) is 160 Å². The highest BCUT2D eigenvalue weighted by Gasteiger charge is 2.61. The number of anilines is 3. The Morgan fingerprint density at radius 3 is 1.65 bits per heavy atom. The lowest BCUT2D eigenvalue weighted by Gasteiger charge is -2.61. The van der Waals surface area contributed by atoms with Crippen LogP contribution < -0.4 is 4.90 Å². The average molecular weight is 812 g/mol. The first-order chi connectivity index (χ1) is 29.6. The standard InChI is InChI=1S/C61H65N/c1-57(2,3)40-20-18-39(19-21-40)48-35-54-49(46-15-11-13-17-51(46)61(54)41-29-37-28-38(31-41)32-42(61)30-37)36-56(48)62(44-23-25-52-55(34-44)59(6,7)27-26-58(52,4)5)43-22-24-47-45-14-10-12-16-50(45)60(8,9)53(47)33-43/h10-25,33-38,41-42H,26-32H2,1-9H3. The van der Waals surface area contributed by atoms with Gasteiger partial charge in [-0.3, -0.25) is 0 Å². The first-order valence-corrected chi connectivity index (χ1v) is 24.1. The van der Waals surface area contributed by atoms with Gasteiger partial charge in [0.2, 0.25) is 0 Å². The Morgan fingerprint density at radius 1 is 0.452 bits per heavy atom. The van der Waals surface area contributed by atoms with Gasteiger partial charge in [0.15, 0.2) is 0 Å². The lowest BCUT2D eigenvalue weighted by molar-refractivity contribution is -0.0399. The summed E-state index contributed by atoms with van der Waals surface area (Å²) in [6.45, 7) is 21.7. The number of rotatable bonds is 4. The molecule has 13 rings (SSSR count). The highest BCUT2D eigenvalue weighted by atomic mass is 15.1. The van der Waals surface area contributed by atoms with Crippen molar-refractivity contribution in [2.45, 2.75) is 134 Å². The Labute approximate surface area is 372 Å². The second kappa shape index (κ2) is 12.9. The molecule has 1 spiro atoms. The Balaban J connectivity index is 1.15. The van der Waals surface area contributed by atoms with Crippen molar-refractivity contribution in [3.8, 4) is 33.4 Å². The molecule has 1 nitrogen and oxygen atoms in total. The molecular formula is C61H65N. The van der Waals surface area contributed by atoms with Crippen molar-refractivity contribution in [3.63, 3.8) is 0 Å². The molecule has 6 aromatic carbocycles. The fourth-order valence-corrected chi connectivity index (χ4v) is 14.7. The van der Waals surface area contributed by atoms with E-state index in [9.17, 15) is 0 Å². The fourth-order valence-electron chi connectivity index (χ4n) is 14.7. The minimum absolute atomic E-state index is 0.0793. The van der Waals surface area contributed by atoms with Gasteiger partial charge in [-0.25, -0.2) is 0 Å². The van der Waals surface area contributed by atoms with Crippen LogP contribution in [0.15, 0.2) is 121 Å².